The third-order valence-corrected chi connectivity index (χ3v) is 6.99. The maximum Gasteiger partial charge on any atom is 0.131 e. The van der Waals surface area contributed by atoms with Crippen molar-refractivity contribution in [2.24, 2.45) is 23.3 Å². The second kappa shape index (κ2) is 17.2. The topological polar surface area (TPSA) is 89.0 Å². The van der Waals surface area contributed by atoms with Gasteiger partial charge in [-0.15, -0.1) is 0 Å². The summed E-state index contributed by atoms with van der Waals surface area (Å²) in [7, 11) is 0. The lowest BCUT2D eigenvalue weighted by Crippen LogP contribution is -2.23. The lowest BCUT2D eigenvalue weighted by molar-refractivity contribution is 0.218. The molecule has 0 aliphatic carbocycles. The minimum absolute atomic E-state index is 0.125. The summed E-state index contributed by atoms with van der Waals surface area (Å²) in [6.07, 6.45) is 6.49. The minimum atomic E-state index is -0.140. The molecule has 0 aliphatic heterocycles. The second-order valence-electron chi connectivity index (χ2n) is 10.4. The summed E-state index contributed by atoms with van der Waals surface area (Å²) >= 11 is 0. The minimum Gasteiger partial charge on any atom is -0.493 e. The first-order valence-electron chi connectivity index (χ1n) is 14.7. The zero-order valence-electron chi connectivity index (χ0n) is 24.6. The van der Waals surface area contributed by atoms with E-state index in [0.29, 0.717) is 43.9 Å². The number of benzene rings is 2. The van der Waals surface area contributed by atoms with Gasteiger partial charge in [0.1, 0.15) is 35.2 Å². The van der Waals surface area contributed by atoms with Crippen LogP contribution < -0.4 is 30.4 Å². The van der Waals surface area contributed by atoms with Gasteiger partial charge in [0, 0.05) is 19.2 Å². The standard InChI is InChI=1S/C32H52N2O4/c1-7-12-26(13-8-2)22-35-28-16-27(17-29(18-28)37-23(5)19-33)32-30(36-21-25(9-3)10-4)14-11-15-31(32)38-24(6)20-34/h11,14-18,23-26H,7-10,12-13,19-22,33-34H2,1-6H3/t23-,24-/m1/s1. The highest BCUT2D eigenvalue weighted by molar-refractivity contribution is 5.79. The Kier molecular flexibility index (Phi) is 14.4. The highest BCUT2D eigenvalue weighted by Gasteiger charge is 2.19. The molecule has 0 heterocycles. The largest absolute Gasteiger partial charge is 0.493 e. The van der Waals surface area contributed by atoms with E-state index in [2.05, 4.69) is 33.8 Å². The van der Waals surface area contributed by atoms with E-state index in [0.717, 1.165) is 66.9 Å². The van der Waals surface area contributed by atoms with E-state index < -0.39 is 0 Å². The first-order chi connectivity index (χ1) is 18.4. The van der Waals surface area contributed by atoms with Gasteiger partial charge in [-0.1, -0.05) is 59.4 Å². The second-order valence-corrected chi connectivity index (χ2v) is 10.4. The van der Waals surface area contributed by atoms with E-state index in [1.807, 2.05) is 44.2 Å². The molecule has 0 aromatic heterocycles. The first-order valence-corrected chi connectivity index (χ1v) is 14.7. The van der Waals surface area contributed by atoms with Crippen LogP contribution in [0, 0.1) is 11.8 Å². The van der Waals surface area contributed by atoms with Gasteiger partial charge in [0.2, 0.25) is 0 Å². The SMILES string of the molecule is CCCC(CCC)COc1cc(O[C@H](C)CN)cc(-c2c(OCC(CC)CC)cccc2O[C@H](C)CN)c1. The maximum atomic E-state index is 6.42. The van der Waals surface area contributed by atoms with Crippen LogP contribution in [0.5, 0.6) is 23.0 Å². The van der Waals surface area contributed by atoms with Crippen molar-refractivity contribution >= 4 is 0 Å². The fraction of sp³-hybridized carbons (Fsp3) is 0.625. The predicted octanol–water partition coefficient (Wildman–Crippen LogP) is 7.22. The van der Waals surface area contributed by atoms with Crippen LogP contribution in [-0.4, -0.2) is 38.5 Å². The van der Waals surface area contributed by atoms with Crippen LogP contribution >= 0.6 is 0 Å². The van der Waals surface area contributed by atoms with Crippen LogP contribution in [0.4, 0.5) is 0 Å². The average Bonchev–Trinajstić information content (AvgIpc) is 2.92. The van der Waals surface area contributed by atoms with Crippen LogP contribution in [-0.2, 0) is 0 Å². The summed E-state index contributed by atoms with van der Waals surface area (Å²) in [6, 6.07) is 12.0. The smallest absolute Gasteiger partial charge is 0.131 e. The van der Waals surface area contributed by atoms with Crippen molar-refractivity contribution in [2.45, 2.75) is 92.3 Å². The summed E-state index contributed by atoms with van der Waals surface area (Å²) in [4.78, 5) is 0. The Morgan fingerprint density at radius 1 is 0.684 bits per heavy atom. The van der Waals surface area contributed by atoms with E-state index in [1.54, 1.807) is 0 Å². The third kappa shape index (κ3) is 10.0. The van der Waals surface area contributed by atoms with Gasteiger partial charge in [-0.05, 0) is 68.4 Å². The summed E-state index contributed by atoms with van der Waals surface area (Å²) in [5.74, 6) is 4.01. The molecule has 0 saturated heterocycles. The molecule has 2 aromatic carbocycles. The Balaban J connectivity index is 2.56. The van der Waals surface area contributed by atoms with Gasteiger partial charge in [0.05, 0.1) is 18.8 Å². The molecule has 0 unspecified atom stereocenters. The van der Waals surface area contributed by atoms with E-state index in [9.17, 15) is 0 Å². The molecule has 0 amide bonds. The lowest BCUT2D eigenvalue weighted by Gasteiger charge is -2.22. The Hall–Kier alpha value is -2.44. The molecule has 38 heavy (non-hydrogen) atoms. The third-order valence-electron chi connectivity index (χ3n) is 6.99. The molecular weight excluding hydrogens is 476 g/mol. The number of nitrogens with two attached hydrogens (primary N) is 2. The molecule has 4 N–H and O–H groups in total. The first kappa shape index (κ1) is 31.8. The Bertz CT molecular complexity index is 926. The van der Waals surface area contributed by atoms with Crippen molar-refractivity contribution in [2.75, 3.05) is 26.3 Å². The van der Waals surface area contributed by atoms with Crippen LogP contribution in [0.25, 0.3) is 11.1 Å². The van der Waals surface area contributed by atoms with Gasteiger partial charge >= 0.3 is 0 Å². The summed E-state index contributed by atoms with van der Waals surface area (Å²) in [5.41, 5.74) is 13.6. The molecule has 0 aliphatic rings. The van der Waals surface area contributed by atoms with E-state index >= 15 is 0 Å². The van der Waals surface area contributed by atoms with E-state index in [1.165, 1.54) is 0 Å². The van der Waals surface area contributed by atoms with E-state index in [-0.39, 0.29) is 12.2 Å². The predicted molar refractivity (Wildman–Crippen MR) is 159 cm³/mol. The molecule has 6 heteroatoms. The van der Waals surface area contributed by atoms with Crippen molar-refractivity contribution in [1.82, 2.24) is 0 Å². The molecule has 0 spiro atoms. The van der Waals surface area contributed by atoms with Gasteiger partial charge in [-0.3, -0.25) is 0 Å². The fourth-order valence-corrected chi connectivity index (χ4v) is 4.50. The van der Waals surface area contributed by atoms with Crippen molar-refractivity contribution in [3.63, 3.8) is 0 Å². The van der Waals surface area contributed by atoms with Crippen LogP contribution in [0.2, 0.25) is 0 Å². The lowest BCUT2D eigenvalue weighted by atomic mass is 9.99. The monoisotopic (exact) mass is 528 g/mol. The molecule has 0 bridgehead atoms. The van der Waals surface area contributed by atoms with Crippen molar-refractivity contribution in [1.29, 1.82) is 0 Å². The maximum absolute atomic E-state index is 6.42. The number of ether oxygens (including phenoxy) is 4. The number of hydrogen-bond acceptors (Lipinski definition) is 6. The van der Waals surface area contributed by atoms with Crippen molar-refractivity contribution < 1.29 is 18.9 Å². The van der Waals surface area contributed by atoms with Gasteiger partial charge in [0.15, 0.2) is 0 Å². The van der Waals surface area contributed by atoms with Crippen molar-refractivity contribution in [3.8, 4) is 34.1 Å². The number of rotatable bonds is 19. The van der Waals surface area contributed by atoms with Gasteiger partial charge < -0.3 is 30.4 Å². The molecule has 0 fully saturated rings. The summed E-state index contributed by atoms with van der Waals surface area (Å²) < 4.78 is 25.3. The average molecular weight is 529 g/mol. The molecule has 0 radical (unpaired) electrons. The van der Waals surface area contributed by atoms with Crippen LogP contribution in [0.3, 0.4) is 0 Å². The Morgan fingerprint density at radius 3 is 1.87 bits per heavy atom. The molecule has 2 rings (SSSR count). The molecule has 2 aromatic rings. The normalized spacial score (nSPS) is 13.0. The van der Waals surface area contributed by atoms with Crippen LogP contribution in [0.1, 0.15) is 80.1 Å². The molecule has 2 atom stereocenters. The summed E-state index contributed by atoms with van der Waals surface area (Å²) in [6.45, 7) is 15.0. The van der Waals surface area contributed by atoms with Gasteiger partial charge in [0.25, 0.3) is 0 Å². The van der Waals surface area contributed by atoms with Crippen LogP contribution in [0.15, 0.2) is 36.4 Å². The molecule has 214 valence electrons. The molecule has 0 saturated carbocycles. The quantitative estimate of drug-likeness (QED) is 0.200. The zero-order chi connectivity index (χ0) is 27.9. The highest BCUT2D eigenvalue weighted by Crippen LogP contribution is 2.42. The van der Waals surface area contributed by atoms with Gasteiger partial charge in [-0.25, -0.2) is 0 Å². The highest BCUT2D eigenvalue weighted by atomic mass is 16.5. The Labute approximate surface area is 231 Å². The zero-order valence-corrected chi connectivity index (χ0v) is 24.6. The van der Waals surface area contributed by atoms with Crippen molar-refractivity contribution in [3.05, 3.63) is 36.4 Å². The van der Waals surface area contributed by atoms with Gasteiger partial charge in [-0.2, -0.15) is 0 Å². The fourth-order valence-electron chi connectivity index (χ4n) is 4.50. The molecule has 6 nitrogen and oxygen atoms in total. The number of hydrogen-bond donors (Lipinski definition) is 2. The van der Waals surface area contributed by atoms with E-state index in [4.69, 9.17) is 30.4 Å². The Morgan fingerprint density at radius 2 is 1.26 bits per heavy atom. The molecular formula is C32H52N2O4. The summed E-state index contributed by atoms with van der Waals surface area (Å²) in [5, 5.41) is 0.